The van der Waals surface area contributed by atoms with Crippen LogP contribution in [0.25, 0.3) is 6.08 Å². The van der Waals surface area contributed by atoms with Crippen molar-refractivity contribution in [1.29, 1.82) is 0 Å². The topological polar surface area (TPSA) is 72.2 Å². The Morgan fingerprint density at radius 3 is 2.59 bits per heavy atom. The van der Waals surface area contributed by atoms with Crippen molar-refractivity contribution < 1.29 is 9.59 Å². The predicted octanol–water partition coefficient (Wildman–Crippen LogP) is 2.74. The maximum atomic E-state index is 11.8. The highest BCUT2D eigenvalue weighted by atomic mass is 32.1. The minimum Gasteiger partial charge on any atom is -0.366 e. The molecule has 2 amide bonds. The van der Waals surface area contributed by atoms with Crippen LogP contribution >= 0.6 is 11.3 Å². The van der Waals surface area contributed by atoms with E-state index < -0.39 is 5.91 Å². The van der Waals surface area contributed by atoms with Gasteiger partial charge in [0.25, 0.3) is 0 Å². The van der Waals surface area contributed by atoms with Gasteiger partial charge in [0, 0.05) is 16.5 Å². The molecule has 0 saturated heterocycles. The molecule has 4 nitrogen and oxygen atoms in total. The molecule has 0 radical (unpaired) electrons. The fraction of sp³-hybridized carbons (Fsp3) is 0.176. The lowest BCUT2D eigenvalue weighted by atomic mass is 10.1. The van der Waals surface area contributed by atoms with E-state index in [-0.39, 0.29) is 5.91 Å². The smallest absolute Gasteiger partial charge is 0.248 e. The highest BCUT2D eigenvalue weighted by Gasteiger charge is 2.03. The third-order valence-corrected chi connectivity index (χ3v) is 4.23. The summed E-state index contributed by atoms with van der Waals surface area (Å²) in [6.45, 7) is 2.65. The molecular formula is C17H18N2O2S. The largest absolute Gasteiger partial charge is 0.366 e. The van der Waals surface area contributed by atoms with Crippen molar-refractivity contribution in [1.82, 2.24) is 5.32 Å². The summed E-state index contributed by atoms with van der Waals surface area (Å²) in [7, 11) is 0. The van der Waals surface area contributed by atoms with Crippen LogP contribution in [0.1, 0.15) is 33.3 Å². The molecule has 0 aliphatic heterocycles. The molecular weight excluding hydrogens is 296 g/mol. The summed E-state index contributed by atoms with van der Waals surface area (Å²) < 4.78 is 0. The quantitative estimate of drug-likeness (QED) is 0.805. The highest BCUT2D eigenvalue weighted by molar-refractivity contribution is 7.10. The number of benzene rings is 1. The SMILES string of the molecule is CCc1ccsc1CNC(=O)/C=C/c1ccc(C(N)=O)cc1. The molecule has 0 bridgehead atoms. The number of carbonyl (C=O) groups excluding carboxylic acids is 2. The second-order valence-electron chi connectivity index (χ2n) is 4.76. The zero-order valence-corrected chi connectivity index (χ0v) is 13.2. The van der Waals surface area contributed by atoms with Crippen molar-refractivity contribution in [3.8, 4) is 0 Å². The summed E-state index contributed by atoms with van der Waals surface area (Å²) in [5.41, 5.74) is 7.74. The molecule has 1 heterocycles. The Balaban J connectivity index is 1.89. The molecule has 22 heavy (non-hydrogen) atoms. The van der Waals surface area contributed by atoms with Gasteiger partial charge in [-0.2, -0.15) is 0 Å². The fourth-order valence-electron chi connectivity index (χ4n) is 1.99. The first-order valence-electron chi connectivity index (χ1n) is 7.01. The van der Waals surface area contributed by atoms with Gasteiger partial charge in [0.2, 0.25) is 11.8 Å². The van der Waals surface area contributed by atoms with Gasteiger partial charge in [0.05, 0.1) is 6.54 Å². The first-order chi connectivity index (χ1) is 10.6. The van der Waals surface area contributed by atoms with Gasteiger partial charge < -0.3 is 11.1 Å². The number of nitrogens with one attached hydrogen (secondary N) is 1. The maximum absolute atomic E-state index is 11.8. The van der Waals surface area contributed by atoms with Gasteiger partial charge in [0.1, 0.15) is 0 Å². The van der Waals surface area contributed by atoms with Crippen molar-refractivity contribution in [2.45, 2.75) is 19.9 Å². The fourth-order valence-corrected chi connectivity index (χ4v) is 2.91. The van der Waals surface area contributed by atoms with Crippen molar-refractivity contribution in [2.24, 2.45) is 5.73 Å². The molecule has 0 saturated carbocycles. The van der Waals surface area contributed by atoms with E-state index in [0.717, 1.165) is 12.0 Å². The Bertz CT molecular complexity index is 687. The molecule has 0 atom stereocenters. The van der Waals surface area contributed by atoms with E-state index in [1.807, 2.05) is 5.38 Å². The Labute approximate surface area is 133 Å². The van der Waals surface area contributed by atoms with Crippen LogP contribution in [0.4, 0.5) is 0 Å². The Hall–Kier alpha value is -2.40. The van der Waals surface area contributed by atoms with Gasteiger partial charge >= 0.3 is 0 Å². The molecule has 1 aromatic heterocycles. The zero-order valence-electron chi connectivity index (χ0n) is 12.3. The maximum Gasteiger partial charge on any atom is 0.248 e. The summed E-state index contributed by atoms with van der Waals surface area (Å²) in [4.78, 5) is 24.0. The number of primary amides is 1. The molecule has 0 spiro atoms. The Morgan fingerprint density at radius 2 is 1.95 bits per heavy atom. The van der Waals surface area contributed by atoms with E-state index >= 15 is 0 Å². The standard InChI is InChI=1S/C17H18N2O2S/c1-2-13-9-10-22-15(13)11-19-16(20)8-5-12-3-6-14(7-4-12)17(18)21/h3-10H,2,11H2,1H3,(H2,18,21)(H,19,20)/b8-5+. The van der Waals surface area contributed by atoms with Gasteiger partial charge in [-0.15, -0.1) is 11.3 Å². The van der Waals surface area contributed by atoms with E-state index in [9.17, 15) is 9.59 Å². The monoisotopic (exact) mass is 314 g/mol. The third-order valence-electron chi connectivity index (χ3n) is 3.26. The number of hydrogen-bond acceptors (Lipinski definition) is 3. The van der Waals surface area contributed by atoms with E-state index in [2.05, 4.69) is 18.3 Å². The molecule has 1 aromatic carbocycles. The van der Waals surface area contributed by atoms with Crippen LogP contribution in [0.5, 0.6) is 0 Å². The van der Waals surface area contributed by atoms with E-state index in [4.69, 9.17) is 5.73 Å². The lowest BCUT2D eigenvalue weighted by Crippen LogP contribution is -2.20. The van der Waals surface area contributed by atoms with Gasteiger partial charge in [-0.05, 0) is 47.2 Å². The summed E-state index contributed by atoms with van der Waals surface area (Å²) in [6.07, 6.45) is 4.16. The third kappa shape index (κ3) is 4.30. The van der Waals surface area contributed by atoms with Crippen LogP contribution in [-0.4, -0.2) is 11.8 Å². The summed E-state index contributed by atoms with van der Waals surface area (Å²) in [5, 5.41) is 4.91. The Kier molecular flexibility index (Phi) is 5.49. The van der Waals surface area contributed by atoms with Crippen molar-refractivity contribution in [3.05, 3.63) is 63.4 Å². The average molecular weight is 314 g/mol. The average Bonchev–Trinajstić information content (AvgIpc) is 2.98. The lowest BCUT2D eigenvalue weighted by Gasteiger charge is -2.02. The van der Waals surface area contributed by atoms with Gasteiger partial charge in [-0.25, -0.2) is 0 Å². The van der Waals surface area contributed by atoms with Crippen LogP contribution in [0, 0.1) is 0 Å². The number of amides is 2. The van der Waals surface area contributed by atoms with Crippen LogP contribution < -0.4 is 11.1 Å². The molecule has 3 N–H and O–H groups in total. The van der Waals surface area contributed by atoms with Crippen LogP contribution in [0.3, 0.4) is 0 Å². The molecule has 5 heteroatoms. The van der Waals surface area contributed by atoms with Gasteiger partial charge in [-0.1, -0.05) is 19.1 Å². The first-order valence-corrected chi connectivity index (χ1v) is 7.89. The number of carbonyl (C=O) groups is 2. The minimum atomic E-state index is -0.462. The number of hydrogen-bond donors (Lipinski definition) is 2. The summed E-state index contributed by atoms with van der Waals surface area (Å²) in [6, 6.07) is 8.86. The summed E-state index contributed by atoms with van der Waals surface area (Å²) in [5.74, 6) is -0.606. The molecule has 0 aliphatic rings. The molecule has 0 unspecified atom stereocenters. The van der Waals surface area contributed by atoms with Crippen molar-refractivity contribution in [2.75, 3.05) is 0 Å². The van der Waals surface area contributed by atoms with Crippen LogP contribution in [0.2, 0.25) is 0 Å². The second-order valence-corrected chi connectivity index (χ2v) is 5.76. The predicted molar refractivity (Wildman–Crippen MR) is 89.5 cm³/mol. The highest BCUT2D eigenvalue weighted by Crippen LogP contribution is 2.16. The van der Waals surface area contributed by atoms with Crippen LogP contribution in [0.15, 0.2) is 41.8 Å². The normalized spacial score (nSPS) is 10.8. The Morgan fingerprint density at radius 1 is 1.23 bits per heavy atom. The second kappa shape index (κ2) is 7.56. The van der Waals surface area contributed by atoms with Gasteiger partial charge in [-0.3, -0.25) is 9.59 Å². The zero-order chi connectivity index (χ0) is 15.9. The van der Waals surface area contributed by atoms with Crippen molar-refractivity contribution in [3.63, 3.8) is 0 Å². The number of aryl methyl sites for hydroxylation is 1. The minimum absolute atomic E-state index is 0.144. The number of nitrogens with two attached hydrogens (primary N) is 1. The molecule has 0 fully saturated rings. The first kappa shape index (κ1) is 16.0. The van der Waals surface area contributed by atoms with Crippen molar-refractivity contribution >= 4 is 29.2 Å². The molecule has 2 rings (SSSR count). The summed E-state index contributed by atoms with van der Waals surface area (Å²) >= 11 is 1.65. The number of thiophene rings is 1. The lowest BCUT2D eigenvalue weighted by molar-refractivity contribution is -0.116. The molecule has 114 valence electrons. The van der Waals surface area contributed by atoms with E-state index in [1.165, 1.54) is 16.5 Å². The van der Waals surface area contributed by atoms with E-state index in [1.54, 1.807) is 41.7 Å². The van der Waals surface area contributed by atoms with Gasteiger partial charge in [0.15, 0.2) is 0 Å². The number of rotatable bonds is 6. The molecule has 2 aromatic rings. The van der Waals surface area contributed by atoms with E-state index in [0.29, 0.717) is 12.1 Å². The van der Waals surface area contributed by atoms with Crippen LogP contribution in [-0.2, 0) is 17.8 Å². The molecule has 0 aliphatic carbocycles.